The maximum atomic E-state index is 6.08. The van der Waals surface area contributed by atoms with Crippen molar-refractivity contribution in [2.45, 2.75) is 19.4 Å². The van der Waals surface area contributed by atoms with Crippen molar-refractivity contribution in [1.29, 1.82) is 0 Å². The highest BCUT2D eigenvalue weighted by atomic mass is 127. The zero-order valence-electron chi connectivity index (χ0n) is 14.8. The Bertz CT molecular complexity index is 691. The molecule has 1 aromatic heterocycles. The number of aryl methyl sites for hydroxylation is 1. The molecule has 0 saturated heterocycles. The monoisotopic (exact) mass is 546 g/mol. The maximum Gasteiger partial charge on any atom is 0.191 e. The van der Waals surface area contributed by atoms with Crippen LogP contribution in [0.4, 0.5) is 0 Å². The molecule has 0 fully saturated rings. The molecule has 0 spiro atoms. The largest absolute Gasteiger partial charge is 0.489 e. The highest BCUT2D eigenvalue weighted by Crippen LogP contribution is 2.35. The van der Waals surface area contributed by atoms with E-state index >= 15 is 0 Å². The lowest BCUT2D eigenvalue weighted by molar-refractivity contribution is 0.322. The van der Waals surface area contributed by atoms with Gasteiger partial charge in [0.05, 0.1) is 16.6 Å². The second-order valence-corrected chi connectivity index (χ2v) is 6.63. The van der Waals surface area contributed by atoms with Crippen molar-refractivity contribution < 1.29 is 4.74 Å². The average molecular weight is 548 g/mol. The molecule has 0 amide bonds. The quantitative estimate of drug-likeness (QED) is 0.216. The van der Waals surface area contributed by atoms with Crippen molar-refractivity contribution >= 4 is 64.7 Å². The first-order chi connectivity index (χ1) is 12.6. The second-order valence-electron chi connectivity index (χ2n) is 5.38. The van der Waals surface area contributed by atoms with E-state index in [4.69, 9.17) is 39.5 Å². The molecular formula is C16H22Cl3IN6O. The zero-order valence-corrected chi connectivity index (χ0v) is 19.4. The summed E-state index contributed by atoms with van der Waals surface area (Å²) in [5, 5.41) is 15.2. The van der Waals surface area contributed by atoms with Gasteiger partial charge in [0.1, 0.15) is 19.3 Å². The first-order valence-corrected chi connectivity index (χ1v) is 9.28. The minimum atomic E-state index is 0. The van der Waals surface area contributed by atoms with Crippen LogP contribution in [-0.2, 0) is 6.54 Å². The summed E-state index contributed by atoms with van der Waals surface area (Å²) in [6.45, 7) is 2.65. The van der Waals surface area contributed by atoms with E-state index in [9.17, 15) is 0 Å². The number of hydrogen-bond acceptors (Lipinski definition) is 4. The third kappa shape index (κ3) is 8.71. The van der Waals surface area contributed by atoms with Gasteiger partial charge in [-0.15, -0.1) is 34.2 Å². The lowest BCUT2D eigenvalue weighted by atomic mass is 10.3. The van der Waals surface area contributed by atoms with E-state index in [0.29, 0.717) is 39.9 Å². The van der Waals surface area contributed by atoms with Gasteiger partial charge in [0.25, 0.3) is 0 Å². The molecule has 1 aromatic carbocycles. The summed E-state index contributed by atoms with van der Waals surface area (Å²) in [7, 11) is 1.72. The molecule has 11 heteroatoms. The van der Waals surface area contributed by atoms with Crippen molar-refractivity contribution in [2.75, 3.05) is 26.7 Å². The Kier molecular flexibility index (Phi) is 11.8. The van der Waals surface area contributed by atoms with Crippen molar-refractivity contribution in [3.63, 3.8) is 0 Å². The fourth-order valence-electron chi connectivity index (χ4n) is 2.17. The van der Waals surface area contributed by atoms with Crippen molar-refractivity contribution in [3.8, 4) is 5.75 Å². The van der Waals surface area contributed by atoms with Crippen LogP contribution in [0, 0.1) is 0 Å². The smallest absolute Gasteiger partial charge is 0.191 e. The van der Waals surface area contributed by atoms with E-state index in [-0.39, 0.29) is 24.0 Å². The number of aliphatic imine (C=N–C) groups is 1. The molecular weight excluding hydrogens is 525 g/mol. The van der Waals surface area contributed by atoms with Crippen LogP contribution in [0.1, 0.15) is 12.8 Å². The molecule has 0 atom stereocenters. The Morgan fingerprint density at radius 2 is 1.70 bits per heavy atom. The van der Waals surface area contributed by atoms with Crippen LogP contribution >= 0.6 is 58.8 Å². The number of rotatable bonds is 9. The summed E-state index contributed by atoms with van der Waals surface area (Å²) in [5.41, 5.74) is 0. The van der Waals surface area contributed by atoms with Crippen LogP contribution < -0.4 is 15.4 Å². The van der Waals surface area contributed by atoms with Gasteiger partial charge in [-0.05, 0) is 25.0 Å². The van der Waals surface area contributed by atoms with E-state index in [0.717, 1.165) is 25.9 Å². The highest BCUT2D eigenvalue weighted by molar-refractivity contribution is 14.0. The summed E-state index contributed by atoms with van der Waals surface area (Å²) in [6, 6.07) is 3.19. The molecule has 150 valence electrons. The topological polar surface area (TPSA) is 76.4 Å². The maximum absolute atomic E-state index is 6.08. The molecule has 2 rings (SSSR count). The lowest BCUT2D eigenvalue weighted by Gasteiger charge is -2.14. The fraction of sp³-hybridized carbons (Fsp3) is 0.438. The highest BCUT2D eigenvalue weighted by Gasteiger charge is 2.09. The van der Waals surface area contributed by atoms with Crippen LogP contribution in [0.25, 0.3) is 0 Å². The van der Waals surface area contributed by atoms with Gasteiger partial charge in [-0.1, -0.05) is 34.8 Å². The number of aromatic nitrogens is 3. The normalized spacial score (nSPS) is 11.0. The lowest BCUT2D eigenvalue weighted by Crippen LogP contribution is -2.39. The molecule has 1 heterocycles. The van der Waals surface area contributed by atoms with Gasteiger partial charge < -0.3 is 19.9 Å². The number of unbranched alkanes of at least 4 members (excludes halogenated alkanes) is 1. The molecule has 2 aromatic rings. The minimum Gasteiger partial charge on any atom is -0.489 e. The SMILES string of the molecule is CN=C(NCCCCn1cnnc1)NCCOc1c(Cl)cc(Cl)cc1Cl.I. The summed E-state index contributed by atoms with van der Waals surface area (Å²) < 4.78 is 7.58. The molecule has 2 N–H and O–H groups in total. The fourth-order valence-corrected chi connectivity index (χ4v) is 3.10. The Morgan fingerprint density at radius 1 is 1.07 bits per heavy atom. The van der Waals surface area contributed by atoms with Crippen molar-refractivity contribution in [1.82, 2.24) is 25.4 Å². The molecule has 0 aliphatic rings. The Labute approximate surface area is 190 Å². The Hall–Kier alpha value is -0.970. The molecule has 0 saturated carbocycles. The summed E-state index contributed by atoms with van der Waals surface area (Å²) in [6.07, 6.45) is 5.46. The standard InChI is InChI=1S/C16H21Cl3N6O.HI/c1-20-16(21-4-2-3-6-25-10-23-24-11-25)22-5-7-26-15-13(18)8-12(17)9-14(15)19;/h8-11H,2-7H2,1H3,(H2,20,21,22);1H. The summed E-state index contributed by atoms with van der Waals surface area (Å²) in [5.74, 6) is 1.14. The molecule has 0 unspecified atom stereocenters. The van der Waals surface area contributed by atoms with Crippen molar-refractivity contribution in [2.24, 2.45) is 4.99 Å². The van der Waals surface area contributed by atoms with Gasteiger partial charge in [0.2, 0.25) is 0 Å². The predicted octanol–water partition coefficient (Wildman–Crippen LogP) is 3.88. The molecule has 7 nitrogen and oxygen atoms in total. The van der Waals surface area contributed by atoms with Gasteiger partial charge >= 0.3 is 0 Å². The van der Waals surface area contributed by atoms with Crippen LogP contribution in [0.3, 0.4) is 0 Å². The van der Waals surface area contributed by atoms with E-state index in [1.54, 1.807) is 31.8 Å². The first-order valence-electron chi connectivity index (χ1n) is 8.14. The first kappa shape index (κ1) is 24.1. The van der Waals surface area contributed by atoms with E-state index < -0.39 is 0 Å². The number of hydrogen-bond donors (Lipinski definition) is 2. The van der Waals surface area contributed by atoms with Crippen LogP contribution in [-0.4, -0.2) is 47.5 Å². The van der Waals surface area contributed by atoms with E-state index in [1.165, 1.54) is 0 Å². The number of halogens is 4. The molecule has 0 aliphatic carbocycles. The van der Waals surface area contributed by atoms with Crippen LogP contribution in [0.2, 0.25) is 15.1 Å². The van der Waals surface area contributed by atoms with Gasteiger partial charge in [0, 0.05) is 25.2 Å². The molecule has 0 radical (unpaired) electrons. The van der Waals surface area contributed by atoms with E-state index in [1.807, 2.05) is 4.57 Å². The number of nitrogens with zero attached hydrogens (tertiary/aromatic N) is 4. The van der Waals surface area contributed by atoms with Crippen molar-refractivity contribution in [3.05, 3.63) is 39.9 Å². The predicted molar refractivity (Wildman–Crippen MR) is 121 cm³/mol. The van der Waals surface area contributed by atoms with Gasteiger partial charge in [0.15, 0.2) is 11.7 Å². The Morgan fingerprint density at radius 3 is 2.33 bits per heavy atom. The summed E-state index contributed by atoms with van der Waals surface area (Å²) >= 11 is 18.0. The van der Waals surface area contributed by atoms with Gasteiger partial charge in [-0.3, -0.25) is 4.99 Å². The zero-order chi connectivity index (χ0) is 18.8. The third-order valence-electron chi connectivity index (χ3n) is 3.43. The third-order valence-corrected chi connectivity index (χ3v) is 4.21. The number of ether oxygens (including phenoxy) is 1. The molecule has 0 bridgehead atoms. The van der Waals surface area contributed by atoms with Crippen LogP contribution in [0.5, 0.6) is 5.75 Å². The molecule has 27 heavy (non-hydrogen) atoms. The van der Waals surface area contributed by atoms with E-state index in [2.05, 4.69) is 25.8 Å². The average Bonchev–Trinajstić information content (AvgIpc) is 3.11. The van der Waals surface area contributed by atoms with Crippen LogP contribution in [0.15, 0.2) is 29.8 Å². The number of guanidine groups is 1. The minimum absolute atomic E-state index is 0. The number of nitrogens with one attached hydrogen (secondary N) is 2. The number of benzene rings is 1. The summed E-state index contributed by atoms with van der Waals surface area (Å²) in [4.78, 5) is 4.17. The molecule has 0 aliphatic heterocycles. The van der Waals surface area contributed by atoms with Gasteiger partial charge in [-0.25, -0.2) is 0 Å². The second kappa shape index (κ2) is 13.2. The van der Waals surface area contributed by atoms with Gasteiger partial charge in [-0.2, -0.15) is 0 Å². The Balaban J connectivity index is 0.00000364.